The lowest BCUT2D eigenvalue weighted by Gasteiger charge is -2.06. The number of sulfonamides is 1. The number of nitrogens with zero attached hydrogens (tertiary/aromatic N) is 1. The third-order valence-electron chi connectivity index (χ3n) is 2.69. The summed E-state index contributed by atoms with van der Waals surface area (Å²) in [7, 11) is -3.60. The molecule has 7 heteroatoms. The third kappa shape index (κ3) is 3.75. The minimum atomic E-state index is -3.60. The number of pyridine rings is 1. The van der Waals surface area contributed by atoms with Gasteiger partial charge in [-0.25, -0.2) is 22.5 Å². The lowest BCUT2D eigenvalue weighted by atomic mass is 10.1. The lowest BCUT2D eigenvalue weighted by molar-refractivity contribution is 0.581. The molecular weight excluding hydrogens is 281 g/mol. The second kappa shape index (κ2) is 5.98. The molecule has 3 N–H and O–H groups in total. The van der Waals surface area contributed by atoms with Gasteiger partial charge in [-0.1, -0.05) is 12.1 Å². The fourth-order valence-electron chi connectivity index (χ4n) is 1.61. The Hall–Kier alpha value is -1.99. The molecule has 0 unspecified atom stereocenters. The predicted octanol–water partition coefficient (Wildman–Crippen LogP) is 1.32. The van der Waals surface area contributed by atoms with E-state index in [0.717, 1.165) is 5.56 Å². The van der Waals surface area contributed by atoms with Crippen molar-refractivity contribution in [2.45, 2.75) is 11.3 Å². The summed E-state index contributed by atoms with van der Waals surface area (Å²) >= 11 is 0. The van der Waals surface area contributed by atoms with E-state index < -0.39 is 10.0 Å². The van der Waals surface area contributed by atoms with Crippen molar-refractivity contribution < 1.29 is 12.8 Å². The van der Waals surface area contributed by atoms with E-state index in [1.807, 2.05) is 0 Å². The van der Waals surface area contributed by atoms with E-state index in [1.54, 1.807) is 12.1 Å². The number of hydrogen-bond acceptors (Lipinski definition) is 4. The number of hydrogen-bond donors (Lipinski definition) is 2. The summed E-state index contributed by atoms with van der Waals surface area (Å²) in [5.41, 5.74) is 6.25. The summed E-state index contributed by atoms with van der Waals surface area (Å²) in [5, 5.41) is 0. The zero-order chi connectivity index (χ0) is 14.6. The second-order valence-corrected chi connectivity index (χ2v) is 5.96. The van der Waals surface area contributed by atoms with E-state index in [1.165, 1.54) is 30.5 Å². The molecule has 0 aliphatic carbocycles. The van der Waals surface area contributed by atoms with Crippen molar-refractivity contribution in [2.75, 3.05) is 12.3 Å². The van der Waals surface area contributed by atoms with E-state index in [2.05, 4.69) is 9.71 Å². The van der Waals surface area contributed by atoms with E-state index in [4.69, 9.17) is 5.73 Å². The third-order valence-corrected chi connectivity index (χ3v) is 4.13. The molecule has 2 aromatic rings. The van der Waals surface area contributed by atoms with Crippen LogP contribution in [0.3, 0.4) is 0 Å². The van der Waals surface area contributed by atoms with Crippen LogP contribution in [-0.4, -0.2) is 19.9 Å². The highest BCUT2D eigenvalue weighted by Crippen LogP contribution is 2.09. The van der Waals surface area contributed by atoms with Gasteiger partial charge in [0.2, 0.25) is 10.0 Å². The van der Waals surface area contributed by atoms with Gasteiger partial charge in [0, 0.05) is 12.7 Å². The summed E-state index contributed by atoms with van der Waals surface area (Å²) in [6, 6.07) is 8.74. The Morgan fingerprint density at radius 1 is 1.15 bits per heavy atom. The van der Waals surface area contributed by atoms with Crippen molar-refractivity contribution in [2.24, 2.45) is 0 Å². The zero-order valence-electron chi connectivity index (χ0n) is 10.6. The molecule has 1 aromatic heterocycles. The Bertz CT molecular complexity index is 670. The summed E-state index contributed by atoms with van der Waals surface area (Å²) in [6.07, 6.45) is 1.68. The largest absolute Gasteiger partial charge is 0.384 e. The van der Waals surface area contributed by atoms with Crippen molar-refractivity contribution in [3.63, 3.8) is 0 Å². The van der Waals surface area contributed by atoms with Gasteiger partial charge < -0.3 is 5.73 Å². The molecule has 106 valence electrons. The van der Waals surface area contributed by atoms with E-state index in [-0.39, 0.29) is 23.1 Å². The summed E-state index contributed by atoms with van der Waals surface area (Å²) in [5.74, 6) is -0.0578. The Morgan fingerprint density at radius 2 is 1.85 bits per heavy atom. The minimum absolute atomic E-state index is 0.0609. The van der Waals surface area contributed by atoms with Crippen LogP contribution in [-0.2, 0) is 16.4 Å². The molecule has 1 heterocycles. The van der Waals surface area contributed by atoms with E-state index in [9.17, 15) is 12.8 Å². The quantitative estimate of drug-likeness (QED) is 0.871. The molecule has 1 aromatic carbocycles. The first-order chi connectivity index (χ1) is 9.47. The number of nitrogens with one attached hydrogen (secondary N) is 1. The van der Waals surface area contributed by atoms with Crippen molar-refractivity contribution in [1.82, 2.24) is 9.71 Å². The molecule has 0 aliphatic rings. The molecule has 0 bridgehead atoms. The Kier molecular flexibility index (Phi) is 4.31. The van der Waals surface area contributed by atoms with Crippen LogP contribution < -0.4 is 10.5 Å². The van der Waals surface area contributed by atoms with E-state index >= 15 is 0 Å². The average Bonchev–Trinajstić information content (AvgIpc) is 2.41. The first-order valence-electron chi connectivity index (χ1n) is 5.93. The molecule has 0 spiro atoms. The first-order valence-corrected chi connectivity index (χ1v) is 7.41. The number of aromatic nitrogens is 1. The van der Waals surface area contributed by atoms with Crippen molar-refractivity contribution in [1.29, 1.82) is 0 Å². The highest BCUT2D eigenvalue weighted by Gasteiger charge is 2.13. The number of nitrogens with two attached hydrogens (primary N) is 1. The smallest absolute Gasteiger partial charge is 0.242 e. The Labute approximate surface area is 116 Å². The number of nitrogen functional groups attached to an aromatic ring is 1. The summed E-state index contributed by atoms with van der Waals surface area (Å²) < 4.78 is 39.1. The van der Waals surface area contributed by atoms with Gasteiger partial charge in [-0.15, -0.1) is 0 Å². The van der Waals surface area contributed by atoms with Crippen LogP contribution in [0.4, 0.5) is 10.2 Å². The first kappa shape index (κ1) is 14.4. The zero-order valence-corrected chi connectivity index (χ0v) is 11.4. The van der Waals surface area contributed by atoms with Crippen molar-refractivity contribution in [3.05, 3.63) is 54.0 Å². The van der Waals surface area contributed by atoms with Crippen LogP contribution in [0.15, 0.2) is 47.5 Å². The van der Waals surface area contributed by atoms with Gasteiger partial charge in [-0.05, 0) is 36.2 Å². The maximum Gasteiger partial charge on any atom is 0.242 e. The molecule has 2 rings (SSSR count). The van der Waals surface area contributed by atoms with Gasteiger partial charge >= 0.3 is 0 Å². The summed E-state index contributed by atoms with van der Waals surface area (Å²) in [6.45, 7) is 0.221. The van der Waals surface area contributed by atoms with Gasteiger partial charge in [0.25, 0.3) is 0 Å². The lowest BCUT2D eigenvalue weighted by Crippen LogP contribution is -2.26. The van der Waals surface area contributed by atoms with E-state index in [0.29, 0.717) is 6.42 Å². The second-order valence-electron chi connectivity index (χ2n) is 4.19. The Balaban J connectivity index is 1.96. The number of rotatable bonds is 5. The van der Waals surface area contributed by atoms with Crippen LogP contribution in [0.1, 0.15) is 5.56 Å². The van der Waals surface area contributed by atoms with Gasteiger partial charge in [-0.2, -0.15) is 0 Å². The van der Waals surface area contributed by atoms with Crippen LogP contribution in [0, 0.1) is 5.82 Å². The maximum atomic E-state index is 12.7. The van der Waals surface area contributed by atoms with Gasteiger partial charge in [0.15, 0.2) is 0 Å². The topological polar surface area (TPSA) is 85.1 Å². The van der Waals surface area contributed by atoms with Gasteiger partial charge in [-0.3, -0.25) is 0 Å². The van der Waals surface area contributed by atoms with Crippen LogP contribution in [0.25, 0.3) is 0 Å². The number of anilines is 1. The average molecular weight is 295 g/mol. The molecule has 0 saturated carbocycles. The molecule has 0 radical (unpaired) electrons. The normalized spacial score (nSPS) is 11.4. The molecule has 0 fully saturated rings. The van der Waals surface area contributed by atoms with Gasteiger partial charge in [0.1, 0.15) is 16.5 Å². The standard InChI is InChI=1S/C13H14FN3O2S/c14-11-3-1-10(2-4-11)7-8-17-20(18,19)12-5-6-13(15)16-9-12/h1-6,9,17H,7-8H2,(H2,15,16). The van der Waals surface area contributed by atoms with Crippen LogP contribution >= 0.6 is 0 Å². The van der Waals surface area contributed by atoms with Gasteiger partial charge in [0.05, 0.1) is 0 Å². The highest BCUT2D eigenvalue weighted by molar-refractivity contribution is 7.89. The fraction of sp³-hybridized carbons (Fsp3) is 0.154. The fourth-order valence-corrected chi connectivity index (χ4v) is 2.59. The number of halogens is 1. The van der Waals surface area contributed by atoms with Crippen LogP contribution in [0.5, 0.6) is 0 Å². The van der Waals surface area contributed by atoms with Crippen molar-refractivity contribution in [3.8, 4) is 0 Å². The minimum Gasteiger partial charge on any atom is -0.384 e. The van der Waals surface area contributed by atoms with Crippen LogP contribution in [0.2, 0.25) is 0 Å². The predicted molar refractivity (Wildman–Crippen MR) is 73.9 cm³/mol. The Morgan fingerprint density at radius 3 is 2.45 bits per heavy atom. The molecule has 0 aliphatic heterocycles. The SMILES string of the molecule is Nc1ccc(S(=O)(=O)NCCc2ccc(F)cc2)cn1. The molecular formula is C13H14FN3O2S. The molecule has 5 nitrogen and oxygen atoms in total. The summed E-state index contributed by atoms with van der Waals surface area (Å²) in [4.78, 5) is 3.80. The number of benzene rings is 1. The highest BCUT2D eigenvalue weighted by atomic mass is 32.2. The molecule has 0 atom stereocenters. The maximum absolute atomic E-state index is 12.7. The molecule has 20 heavy (non-hydrogen) atoms. The van der Waals surface area contributed by atoms with Crippen molar-refractivity contribution >= 4 is 15.8 Å². The molecule has 0 saturated heterocycles. The molecule has 0 amide bonds. The monoisotopic (exact) mass is 295 g/mol.